The van der Waals surface area contributed by atoms with Crippen LogP contribution in [0.1, 0.15) is 89.4 Å². The lowest BCUT2D eigenvalue weighted by Gasteiger charge is -2.33. The van der Waals surface area contributed by atoms with E-state index < -0.39 is 73.5 Å². The van der Waals surface area contributed by atoms with Gasteiger partial charge in [0.25, 0.3) is 0 Å². The van der Waals surface area contributed by atoms with E-state index in [-0.39, 0.29) is 5.56 Å². The standard InChI is InChI=1S/C33H39F11O3/c1-2-3-4-5-6-7-8-11-22-20-46-29(47-21-22)24-14-12-23(13-15-24)25-16-17-26(28(35)27(25)34)45-19-10-9-18-30(36,37)31(38,39)32(40,41)33(42,43)44/h12-17,22,29H,2-11,18-21H2,1H3. The van der Waals surface area contributed by atoms with Crippen molar-refractivity contribution in [3.63, 3.8) is 0 Å². The molecule has 3 rings (SSSR count). The summed E-state index contributed by atoms with van der Waals surface area (Å²) in [6, 6.07) is 8.64. The second-order valence-electron chi connectivity index (χ2n) is 11.8. The first-order valence-electron chi connectivity index (χ1n) is 15.7. The van der Waals surface area contributed by atoms with Crippen LogP contribution in [0.15, 0.2) is 36.4 Å². The zero-order valence-electron chi connectivity index (χ0n) is 25.9. The Kier molecular flexibility index (Phi) is 13.8. The van der Waals surface area contributed by atoms with Gasteiger partial charge in [-0.3, -0.25) is 0 Å². The average molecular weight is 693 g/mol. The minimum atomic E-state index is -6.96. The van der Waals surface area contributed by atoms with Crippen LogP contribution in [0.25, 0.3) is 11.1 Å². The topological polar surface area (TPSA) is 27.7 Å². The van der Waals surface area contributed by atoms with Gasteiger partial charge in [-0.05, 0) is 37.0 Å². The van der Waals surface area contributed by atoms with Crippen molar-refractivity contribution in [2.75, 3.05) is 19.8 Å². The third-order valence-electron chi connectivity index (χ3n) is 8.08. The summed E-state index contributed by atoms with van der Waals surface area (Å²) < 4.78 is 163. The number of hydrogen-bond donors (Lipinski definition) is 0. The minimum absolute atomic E-state index is 0.130. The molecular weight excluding hydrogens is 653 g/mol. The molecule has 1 aliphatic heterocycles. The summed E-state index contributed by atoms with van der Waals surface area (Å²) in [6.45, 7) is 2.65. The van der Waals surface area contributed by atoms with Gasteiger partial charge in [0, 0.05) is 23.5 Å². The largest absolute Gasteiger partial charge is 0.490 e. The molecule has 266 valence electrons. The molecule has 1 fully saturated rings. The number of alkyl halides is 9. The van der Waals surface area contributed by atoms with Gasteiger partial charge in [-0.2, -0.15) is 43.9 Å². The van der Waals surface area contributed by atoms with Gasteiger partial charge in [-0.1, -0.05) is 76.1 Å². The Labute approximate surface area is 266 Å². The fraction of sp³-hybridized carbons (Fsp3) is 0.636. The number of ether oxygens (including phenoxy) is 3. The predicted molar refractivity (Wildman–Crippen MR) is 153 cm³/mol. The fourth-order valence-electron chi connectivity index (χ4n) is 5.17. The normalized spacial score (nSPS) is 18.0. The lowest BCUT2D eigenvalue weighted by Crippen LogP contribution is -2.60. The van der Waals surface area contributed by atoms with E-state index in [0.29, 0.717) is 30.3 Å². The molecule has 14 heteroatoms. The van der Waals surface area contributed by atoms with Crippen LogP contribution in [-0.2, 0) is 9.47 Å². The maximum Gasteiger partial charge on any atom is 0.460 e. The molecule has 2 aromatic rings. The SMILES string of the molecule is CCCCCCCCCC1COC(c2ccc(-c3ccc(OCCCCC(F)(F)C(F)(F)C(F)(F)C(F)(F)F)c(F)c3F)cc2)OC1. The van der Waals surface area contributed by atoms with E-state index in [9.17, 15) is 48.3 Å². The highest BCUT2D eigenvalue weighted by Crippen LogP contribution is 2.54. The van der Waals surface area contributed by atoms with Gasteiger partial charge < -0.3 is 14.2 Å². The molecule has 0 radical (unpaired) electrons. The lowest BCUT2D eigenvalue weighted by molar-refractivity contribution is -0.396. The highest BCUT2D eigenvalue weighted by molar-refractivity contribution is 5.65. The molecule has 0 aromatic heterocycles. The predicted octanol–water partition coefficient (Wildman–Crippen LogP) is 11.5. The van der Waals surface area contributed by atoms with Crippen LogP contribution < -0.4 is 4.74 Å². The number of hydrogen-bond acceptors (Lipinski definition) is 3. The maximum atomic E-state index is 14.9. The first kappa shape index (κ1) is 38.8. The van der Waals surface area contributed by atoms with Crippen LogP contribution >= 0.6 is 0 Å². The number of rotatable bonds is 18. The average Bonchev–Trinajstić information content (AvgIpc) is 3.02. The maximum absolute atomic E-state index is 14.9. The summed E-state index contributed by atoms with van der Waals surface area (Å²) in [5.74, 6) is -22.4. The van der Waals surface area contributed by atoms with Crippen LogP contribution in [-0.4, -0.2) is 43.8 Å². The summed E-state index contributed by atoms with van der Waals surface area (Å²) >= 11 is 0. The first-order valence-corrected chi connectivity index (χ1v) is 15.7. The summed E-state index contributed by atoms with van der Waals surface area (Å²) in [5.41, 5.74) is 0.867. The zero-order chi connectivity index (χ0) is 34.9. The van der Waals surface area contributed by atoms with Gasteiger partial charge in [-0.15, -0.1) is 0 Å². The second-order valence-corrected chi connectivity index (χ2v) is 11.8. The number of unbranched alkanes of at least 4 members (excludes halogenated alkanes) is 7. The molecule has 3 nitrogen and oxygen atoms in total. The van der Waals surface area contributed by atoms with Crippen molar-refractivity contribution in [1.29, 1.82) is 0 Å². The molecule has 0 N–H and O–H groups in total. The van der Waals surface area contributed by atoms with Gasteiger partial charge >= 0.3 is 23.9 Å². The van der Waals surface area contributed by atoms with Gasteiger partial charge in [-0.25, -0.2) is 4.39 Å². The third-order valence-corrected chi connectivity index (χ3v) is 8.08. The lowest BCUT2D eigenvalue weighted by atomic mass is 9.99. The van der Waals surface area contributed by atoms with Crippen LogP contribution in [0, 0.1) is 17.6 Å². The van der Waals surface area contributed by atoms with Crippen molar-refractivity contribution >= 4 is 0 Å². The van der Waals surface area contributed by atoms with Crippen molar-refractivity contribution in [3.8, 4) is 16.9 Å². The van der Waals surface area contributed by atoms with Gasteiger partial charge in [0.2, 0.25) is 5.82 Å². The molecule has 0 aliphatic carbocycles. The van der Waals surface area contributed by atoms with Crippen molar-refractivity contribution in [2.45, 2.75) is 108 Å². The first-order chi connectivity index (χ1) is 22.0. The molecule has 0 spiro atoms. The minimum Gasteiger partial charge on any atom is -0.490 e. The van der Waals surface area contributed by atoms with E-state index in [2.05, 4.69) is 6.92 Å². The highest BCUT2D eigenvalue weighted by atomic mass is 19.4. The summed E-state index contributed by atoms with van der Waals surface area (Å²) in [7, 11) is 0. The van der Waals surface area contributed by atoms with Crippen molar-refractivity contribution in [1.82, 2.24) is 0 Å². The number of halogens is 11. The van der Waals surface area contributed by atoms with Crippen LogP contribution in [0.2, 0.25) is 0 Å². The monoisotopic (exact) mass is 692 g/mol. The van der Waals surface area contributed by atoms with E-state index in [4.69, 9.17) is 14.2 Å². The molecule has 0 saturated carbocycles. The number of benzene rings is 2. The highest BCUT2D eigenvalue weighted by Gasteiger charge is 2.81. The van der Waals surface area contributed by atoms with E-state index in [1.165, 1.54) is 44.6 Å². The molecule has 2 aromatic carbocycles. The van der Waals surface area contributed by atoms with Gasteiger partial charge in [0.1, 0.15) is 0 Å². The van der Waals surface area contributed by atoms with Crippen LogP contribution in [0.3, 0.4) is 0 Å². The molecule has 1 heterocycles. The molecule has 47 heavy (non-hydrogen) atoms. The smallest absolute Gasteiger partial charge is 0.460 e. The van der Waals surface area contributed by atoms with E-state index in [1.807, 2.05) is 0 Å². The Morgan fingerprint density at radius 2 is 1.28 bits per heavy atom. The zero-order valence-corrected chi connectivity index (χ0v) is 25.9. The Morgan fingerprint density at radius 1 is 0.681 bits per heavy atom. The third kappa shape index (κ3) is 9.73. The molecule has 1 saturated heterocycles. The Hall–Kier alpha value is -2.61. The molecular formula is C33H39F11O3. The van der Waals surface area contributed by atoms with E-state index in [0.717, 1.165) is 18.9 Å². The fourth-order valence-corrected chi connectivity index (χ4v) is 5.17. The second kappa shape index (κ2) is 16.7. The molecule has 0 bridgehead atoms. The van der Waals surface area contributed by atoms with Crippen LogP contribution in [0.5, 0.6) is 5.75 Å². The van der Waals surface area contributed by atoms with E-state index >= 15 is 0 Å². The summed E-state index contributed by atoms with van der Waals surface area (Å²) in [6.07, 6.45) is -1.48. The summed E-state index contributed by atoms with van der Waals surface area (Å²) in [5, 5.41) is 0. The molecule has 0 amide bonds. The quantitative estimate of drug-likeness (QED) is 0.115. The van der Waals surface area contributed by atoms with Crippen LogP contribution in [0.4, 0.5) is 48.3 Å². The Bertz CT molecular complexity index is 1240. The molecule has 1 aliphatic rings. The Balaban J connectivity index is 1.46. The molecule has 0 unspecified atom stereocenters. The summed E-state index contributed by atoms with van der Waals surface area (Å²) in [4.78, 5) is 0. The molecule has 0 atom stereocenters. The van der Waals surface area contributed by atoms with Gasteiger partial charge in [0.15, 0.2) is 17.9 Å². The van der Waals surface area contributed by atoms with Gasteiger partial charge in [0.05, 0.1) is 19.8 Å². The van der Waals surface area contributed by atoms with Crippen molar-refractivity contribution in [2.24, 2.45) is 5.92 Å². The Morgan fingerprint density at radius 3 is 1.87 bits per heavy atom. The van der Waals surface area contributed by atoms with Crippen molar-refractivity contribution in [3.05, 3.63) is 53.6 Å². The van der Waals surface area contributed by atoms with Crippen molar-refractivity contribution < 1.29 is 62.5 Å². The van der Waals surface area contributed by atoms with E-state index in [1.54, 1.807) is 24.3 Å².